The van der Waals surface area contributed by atoms with Gasteiger partial charge in [0.25, 0.3) is 0 Å². The summed E-state index contributed by atoms with van der Waals surface area (Å²) in [5.41, 5.74) is 0. The van der Waals surface area contributed by atoms with E-state index in [9.17, 15) is 14.4 Å². The number of allylic oxidation sites excluding steroid dienone is 6. The Morgan fingerprint density at radius 3 is 0.725 bits per heavy atom. The Labute approximate surface area is 499 Å². The van der Waals surface area contributed by atoms with E-state index in [-0.39, 0.29) is 31.1 Å². The Hall–Kier alpha value is -2.37. The molecule has 1 unspecified atom stereocenters. The molecule has 0 aliphatic rings. The maximum atomic E-state index is 12.9. The van der Waals surface area contributed by atoms with Gasteiger partial charge < -0.3 is 14.2 Å². The van der Waals surface area contributed by atoms with Gasteiger partial charge in [-0.15, -0.1) is 0 Å². The minimum absolute atomic E-state index is 0.0721. The Morgan fingerprint density at radius 1 is 0.250 bits per heavy atom. The molecule has 0 aliphatic carbocycles. The number of rotatable bonds is 67. The summed E-state index contributed by atoms with van der Waals surface area (Å²) in [6.45, 7) is 6.65. The monoisotopic (exact) mass is 1120 g/mol. The van der Waals surface area contributed by atoms with Gasteiger partial charge in [0.2, 0.25) is 0 Å². The van der Waals surface area contributed by atoms with Crippen LogP contribution in [0.4, 0.5) is 0 Å². The molecule has 0 bridgehead atoms. The molecule has 6 nitrogen and oxygen atoms in total. The van der Waals surface area contributed by atoms with E-state index in [1.807, 2.05) is 0 Å². The van der Waals surface area contributed by atoms with Crippen molar-refractivity contribution in [2.45, 2.75) is 406 Å². The van der Waals surface area contributed by atoms with Gasteiger partial charge in [-0.25, -0.2) is 0 Å². The second-order valence-corrected chi connectivity index (χ2v) is 24.5. The van der Waals surface area contributed by atoms with Crippen LogP contribution in [0.2, 0.25) is 0 Å². The van der Waals surface area contributed by atoms with Crippen LogP contribution in [0.25, 0.3) is 0 Å². The van der Waals surface area contributed by atoms with E-state index in [1.54, 1.807) is 0 Å². The summed E-state index contributed by atoms with van der Waals surface area (Å²) < 4.78 is 17.0. The smallest absolute Gasteiger partial charge is 0.306 e. The van der Waals surface area contributed by atoms with Gasteiger partial charge in [-0.05, 0) is 77.0 Å². The fourth-order valence-electron chi connectivity index (χ4n) is 10.9. The van der Waals surface area contributed by atoms with Gasteiger partial charge in [-0.2, -0.15) is 0 Å². The van der Waals surface area contributed by atoms with Crippen molar-refractivity contribution in [2.24, 2.45) is 0 Å². The van der Waals surface area contributed by atoms with E-state index in [1.165, 1.54) is 289 Å². The minimum atomic E-state index is -0.776. The molecule has 0 amide bonds. The largest absolute Gasteiger partial charge is 0.462 e. The third-order valence-electron chi connectivity index (χ3n) is 16.4. The van der Waals surface area contributed by atoms with Crippen molar-refractivity contribution in [3.05, 3.63) is 36.5 Å². The first-order chi connectivity index (χ1) is 39.5. The van der Waals surface area contributed by atoms with Crippen molar-refractivity contribution >= 4 is 17.9 Å². The molecule has 6 heteroatoms. The van der Waals surface area contributed by atoms with Gasteiger partial charge in [0.15, 0.2) is 6.10 Å². The average molecular weight is 1120 g/mol. The van der Waals surface area contributed by atoms with Crippen LogP contribution in [-0.2, 0) is 28.6 Å². The molecule has 1 atom stereocenters. The average Bonchev–Trinajstić information content (AvgIpc) is 3.46. The van der Waals surface area contributed by atoms with Gasteiger partial charge in [-0.3, -0.25) is 14.4 Å². The molecule has 0 radical (unpaired) electrons. The standard InChI is InChI=1S/C74H138O6/c1-4-7-10-13-16-19-22-25-27-29-31-32-33-34-35-36-37-38-39-40-41-42-44-45-47-49-52-55-58-61-64-67-73(76)79-70-71(69-78-72(75)66-63-60-57-54-51-24-21-18-15-12-9-6-3)80-74(77)68-65-62-59-56-53-50-48-46-43-30-28-26-23-20-17-14-11-8-5-2/h17-18,20-21,26,28,71H,4-16,19,22-25,27,29-70H2,1-3H3/b20-17-,21-18-,28-26-. The maximum absolute atomic E-state index is 12.9. The van der Waals surface area contributed by atoms with Crippen LogP contribution in [0, 0.1) is 0 Å². The zero-order valence-electron chi connectivity index (χ0n) is 54.1. The lowest BCUT2D eigenvalue weighted by Crippen LogP contribution is -2.30. The van der Waals surface area contributed by atoms with E-state index in [0.29, 0.717) is 19.3 Å². The fourth-order valence-corrected chi connectivity index (χ4v) is 10.9. The first-order valence-corrected chi connectivity index (χ1v) is 36.0. The second-order valence-electron chi connectivity index (χ2n) is 24.5. The van der Waals surface area contributed by atoms with Gasteiger partial charge >= 0.3 is 17.9 Å². The summed E-state index contributed by atoms with van der Waals surface area (Å²) in [5, 5.41) is 0. The second kappa shape index (κ2) is 69.1. The van der Waals surface area contributed by atoms with E-state index in [2.05, 4.69) is 57.2 Å². The van der Waals surface area contributed by atoms with Crippen LogP contribution in [-0.4, -0.2) is 37.2 Å². The quantitative estimate of drug-likeness (QED) is 0.0261. The highest BCUT2D eigenvalue weighted by molar-refractivity contribution is 5.71. The van der Waals surface area contributed by atoms with Crippen molar-refractivity contribution in [3.8, 4) is 0 Å². The summed E-state index contributed by atoms with van der Waals surface area (Å²) >= 11 is 0. The maximum Gasteiger partial charge on any atom is 0.306 e. The van der Waals surface area contributed by atoms with E-state index < -0.39 is 6.10 Å². The first kappa shape index (κ1) is 77.6. The summed E-state index contributed by atoms with van der Waals surface area (Å²) in [6, 6.07) is 0. The molecule has 0 rings (SSSR count). The lowest BCUT2D eigenvalue weighted by Gasteiger charge is -2.18. The number of carbonyl (C=O) groups is 3. The molecular formula is C74H138O6. The lowest BCUT2D eigenvalue weighted by atomic mass is 10.0. The number of ether oxygens (including phenoxy) is 3. The van der Waals surface area contributed by atoms with Crippen molar-refractivity contribution in [1.82, 2.24) is 0 Å². The molecule has 470 valence electrons. The van der Waals surface area contributed by atoms with Gasteiger partial charge in [0, 0.05) is 19.3 Å². The molecule has 0 heterocycles. The molecule has 0 spiro atoms. The van der Waals surface area contributed by atoms with E-state index in [4.69, 9.17) is 14.2 Å². The Morgan fingerprint density at radius 2 is 0.450 bits per heavy atom. The van der Waals surface area contributed by atoms with Crippen molar-refractivity contribution in [2.75, 3.05) is 13.2 Å². The minimum Gasteiger partial charge on any atom is -0.462 e. The molecule has 0 aromatic carbocycles. The molecule has 0 saturated carbocycles. The number of esters is 3. The van der Waals surface area contributed by atoms with E-state index >= 15 is 0 Å². The SMILES string of the molecule is CCCCC/C=C\C/C=C\CCCCCCCCCCCC(=O)OC(COC(=O)CCCCCCC/C=C\CCCCC)COC(=O)CCCCCCCCCCCCCCCCCCCCCCCCCCCCCCCCC. The Kier molecular flexibility index (Phi) is 67.1. The Bertz CT molecular complexity index is 1340. The summed E-state index contributed by atoms with van der Waals surface area (Å²) in [7, 11) is 0. The summed E-state index contributed by atoms with van der Waals surface area (Å²) in [4.78, 5) is 38.4. The van der Waals surface area contributed by atoms with Crippen LogP contribution in [0.5, 0.6) is 0 Å². The van der Waals surface area contributed by atoms with Crippen LogP contribution in [0.15, 0.2) is 36.5 Å². The Balaban J connectivity index is 4.12. The third kappa shape index (κ3) is 66.4. The highest BCUT2D eigenvalue weighted by Gasteiger charge is 2.19. The van der Waals surface area contributed by atoms with Gasteiger partial charge in [0.05, 0.1) is 0 Å². The van der Waals surface area contributed by atoms with Gasteiger partial charge in [0.1, 0.15) is 13.2 Å². The fraction of sp³-hybridized carbons (Fsp3) is 0.878. The predicted octanol–water partition coefficient (Wildman–Crippen LogP) is 24.7. The normalized spacial score (nSPS) is 12.2. The molecule has 0 saturated heterocycles. The molecule has 0 N–H and O–H groups in total. The molecule has 0 aliphatic heterocycles. The number of hydrogen-bond acceptors (Lipinski definition) is 6. The highest BCUT2D eigenvalue weighted by Crippen LogP contribution is 2.19. The topological polar surface area (TPSA) is 78.9 Å². The number of carbonyl (C=O) groups excluding carboxylic acids is 3. The summed E-state index contributed by atoms with van der Waals surface area (Å²) in [5.74, 6) is -0.860. The van der Waals surface area contributed by atoms with Crippen LogP contribution in [0.1, 0.15) is 400 Å². The highest BCUT2D eigenvalue weighted by atomic mass is 16.6. The zero-order chi connectivity index (χ0) is 57.8. The van der Waals surface area contributed by atoms with Crippen molar-refractivity contribution in [3.63, 3.8) is 0 Å². The molecule has 0 aromatic rings. The van der Waals surface area contributed by atoms with Crippen LogP contribution < -0.4 is 0 Å². The van der Waals surface area contributed by atoms with E-state index in [0.717, 1.165) is 70.6 Å². The first-order valence-electron chi connectivity index (χ1n) is 36.0. The number of unbranched alkanes of at least 4 members (excludes halogenated alkanes) is 50. The molecule has 0 aromatic heterocycles. The summed E-state index contributed by atoms with van der Waals surface area (Å²) in [6.07, 6.45) is 86.2. The zero-order valence-corrected chi connectivity index (χ0v) is 54.1. The van der Waals surface area contributed by atoms with Gasteiger partial charge in [-0.1, -0.05) is 340 Å². The molecule has 0 fully saturated rings. The third-order valence-corrected chi connectivity index (χ3v) is 16.4. The molecular weight excluding hydrogens is 985 g/mol. The van der Waals surface area contributed by atoms with Crippen LogP contribution in [0.3, 0.4) is 0 Å². The van der Waals surface area contributed by atoms with Crippen molar-refractivity contribution < 1.29 is 28.6 Å². The lowest BCUT2D eigenvalue weighted by molar-refractivity contribution is -0.167. The van der Waals surface area contributed by atoms with Crippen molar-refractivity contribution in [1.29, 1.82) is 0 Å². The number of hydrogen-bond donors (Lipinski definition) is 0. The molecule has 80 heavy (non-hydrogen) atoms. The van der Waals surface area contributed by atoms with Crippen LogP contribution >= 0.6 is 0 Å². The predicted molar refractivity (Wildman–Crippen MR) is 349 cm³/mol.